The molecule has 0 saturated carbocycles. The van der Waals surface area contributed by atoms with Crippen LogP contribution in [-0.4, -0.2) is 34.5 Å². The second-order valence-corrected chi connectivity index (χ2v) is 5.60. The van der Waals surface area contributed by atoms with E-state index in [1.54, 1.807) is 23.1 Å². The molecule has 4 nitrogen and oxygen atoms in total. The molecular formula is C15H17NO3. The summed E-state index contributed by atoms with van der Waals surface area (Å²) in [6, 6.07) is 6.93. The van der Waals surface area contributed by atoms with Gasteiger partial charge in [-0.25, -0.2) is 0 Å². The summed E-state index contributed by atoms with van der Waals surface area (Å²) in [5, 5.41) is 9.56. The van der Waals surface area contributed by atoms with Crippen LogP contribution in [0, 0.1) is 5.92 Å². The van der Waals surface area contributed by atoms with Crippen molar-refractivity contribution in [1.29, 1.82) is 0 Å². The number of piperidine rings is 1. The first-order valence-electron chi connectivity index (χ1n) is 6.72. The fraction of sp³-hybridized carbons (Fsp3) is 0.467. The van der Waals surface area contributed by atoms with Crippen molar-refractivity contribution in [2.24, 2.45) is 5.92 Å². The van der Waals surface area contributed by atoms with Crippen molar-refractivity contribution in [2.45, 2.75) is 31.7 Å². The van der Waals surface area contributed by atoms with E-state index in [0.717, 1.165) is 12.8 Å². The standard InChI is InChI=1S/C15H17NO3/c1-9-6-7-16-12(8-9)13(15(18)19)10-4-2-3-5-11(10)14(16)17/h2-5,9,12-13H,6-8H2,1H3,(H,18,19)/t9-,12+,13+/m0/s1. The lowest BCUT2D eigenvalue weighted by atomic mass is 9.76. The van der Waals surface area contributed by atoms with Gasteiger partial charge in [-0.15, -0.1) is 0 Å². The van der Waals surface area contributed by atoms with Crippen molar-refractivity contribution < 1.29 is 14.7 Å². The van der Waals surface area contributed by atoms with Crippen LogP contribution in [0.5, 0.6) is 0 Å². The zero-order valence-corrected chi connectivity index (χ0v) is 10.9. The van der Waals surface area contributed by atoms with E-state index in [0.29, 0.717) is 23.6 Å². The highest BCUT2D eigenvalue weighted by molar-refractivity contribution is 6.00. The van der Waals surface area contributed by atoms with E-state index in [2.05, 4.69) is 6.92 Å². The minimum absolute atomic E-state index is 0.00926. The number of hydrogen-bond acceptors (Lipinski definition) is 2. The van der Waals surface area contributed by atoms with E-state index >= 15 is 0 Å². The fourth-order valence-corrected chi connectivity index (χ4v) is 3.37. The van der Waals surface area contributed by atoms with Crippen LogP contribution >= 0.6 is 0 Å². The minimum atomic E-state index is -0.830. The third-order valence-electron chi connectivity index (χ3n) is 4.34. The van der Waals surface area contributed by atoms with Gasteiger partial charge >= 0.3 is 5.97 Å². The van der Waals surface area contributed by atoms with Crippen molar-refractivity contribution in [2.75, 3.05) is 6.54 Å². The number of hydrogen-bond donors (Lipinski definition) is 1. The topological polar surface area (TPSA) is 57.6 Å². The van der Waals surface area contributed by atoms with Crippen LogP contribution < -0.4 is 0 Å². The number of rotatable bonds is 1. The van der Waals surface area contributed by atoms with Gasteiger partial charge in [0.15, 0.2) is 0 Å². The Morgan fingerprint density at radius 1 is 1.37 bits per heavy atom. The Balaban J connectivity index is 2.12. The molecule has 1 saturated heterocycles. The smallest absolute Gasteiger partial charge is 0.313 e. The highest BCUT2D eigenvalue weighted by Crippen LogP contribution is 2.39. The summed E-state index contributed by atoms with van der Waals surface area (Å²) in [5.74, 6) is -0.952. The molecule has 0 aliphatic carbocycles. The third-order valence-corrected chi connectivity index (χ3v) is 4.34. The molecule has 2 heterocycles. The first-order valence-corrected chi connectivity index (χ1v) is 6.72. The number of carbonyl (C=O) groups excluding carboxylic acids is 1. The van der Waals surface area contributed by atoms with Crippen LogP contribution in [0.25, 0.3) is 0 Å². The summed E-state index contributed by atoms with van der Waals surface area (Å²) in [6.45, 7) is 2.80. The predicted octanol–water partition coefficient (Wildman–Crippen LogP) is 2.11. The van der Waals surface area contributed by atoms with Crippen LogP contribution in [0.15, 0.2) is 24.3 Å². The second kappa shape index (κ2) is 4.37. The molecule has 1 amide bonds. The summed E-state index contributed by atoms with van der Waals surface area (Å²) in [7, 11) is 0. The molecule has 0 radical (unpaired) electrons. The molecule has 2 aliphatic rings. The normalized spacial score (nSPS) is 29.6. The maximum absolute atomic E-state index is 12.5. The molecule has 0 aromatic heterocycles. The molecule has 1 fully saturated rings. The van der Waals surface area contributed by atoms with Gasteiger partial charge in [-0.2, -0.15) is 0 Å². The van der Waals surface area contributed by atoms with Crippen LogP contribution in [0.2, 0.25) is 0 Å². The van der Waals surface area contributed by atoms with Gasteiger partial charge in [-0.3, -0.25) is 9.59 Å². The Labute approximate surface area is 112 Å². The highest BCUT2D eigenvalue weighted by Gasteiger charge is 2.45. The molecule has 0 spiro atoms. The molecule has 19 heavy (non-hydrogen) atoms. The summed E-state index contributed by atoms with van der Waals surface area (Å²) in [4.78, 5) is 25.9. The molecule has 3 atom stereocenters. The zero-order chi connectivity index (χ0) is 13.6. The quantitative estimate of drug-likeness (QED) is 0.840. The van der Waals surface area contributed by atoms with E-state index in [9.17, 15) is 14.7 Å². The largest absolute Gasteiger partial charge is 0.481 e. The van der Waals surface area contributed by atoms with Gasteiger partial charge < -0.3 is 10.0 Å². The third kappa shape index (κ3) is 1.82. The highest BCUT2D eigenvalue weighted by atomic mass is 16.4. The van der Waals surface area contributed by atoms with E-state index < -0.39 is 11.9 Å². The Kier molecular flexibility index (Phi) is 2.81. The number of fused-ring (bicyclic) bond motifs is 2. The van der Waals surface area contributed by atoms with Crippen molar-refractivity contribution in [1.82, 2.24) is 4.90 Å². The first-order chi connectivity index (χ1) is 9.09. The molecule has 4 heteroatoms. The molecule has 1 N–H and O–H groups in total. The summed E-state index contributed by atoms with van der Waals surface area (Å²) in [5.41, 5.74) is 1.23. The number of carbonyl (C=O) groups is 2. The molecule has 1 aromatic carbocycles. The Morgan fingerprint density at radius 2 is 2.11 bits per heavy atom. The van der Waals surface area contributed by atoms with Gasteiger partial charge in [-0.1, -0.05) is 25.1 Å². The number of amides is 1. The SMILES string of the molecule is C[C@H]1CCN2C(=O)c3ccccc3[C@@H](C(=O)O)[C@H]2C1. The number of benzene rings is 1. The van der Waals surface area contributed by atoms with E-state index in [1.807, 2.05) is 6.07 Å². The lowest BCUT2D eigenvalue weighted by molar-refractivity contribution is -0.141. The number of carboxylic acids is 1. The first kappa shape index (κ1) is 12.2. The van der Waals surface area contributed by atoms with Gasteiger partial charge in [0, 0.05) is 18.2 Å². The van der Waals surface area contributed by atoms with Gasteiger partial charge in [0.05, 0.1) is 0 Å². The van der Waals surface area contributed by atoms with Crippen LogP contribution in [-0.2, 0) is 4.79 Å². The number of aliphatic carboxylic acids is 1. The van der Waals surface area contributed by atoms with Gasteiger partial charge in [0.2, 0.25) is 0 Å². The number of carboxylic acid groups (broad SMARTS) is 1. The lowest BCUT2D eigenvalue weighted by Crippen LogP contribution is -2.53. The van der Waals surface area contributed by atoms with Crippen LogP contribution in [0.4, 0.5) is 0 Å². The monoisotopic (exact) mass is 259 g/mol. The summed E-state index contributed by atoms with van der Waals surface area (Å²) >= 11 is 0. The molecule has 0 unspecified atom stereocenters. The Bertz CT molecular complexity index is 540. The molecule has 3 rings (SSSR count). The zero-order valence-electron chi connectivity index (χ0n) is 10.9. The Morgan fingerprint density at radius 3 is 2.84 bits per heavy atom. The lowest BCUT2D eigenvalue weighted by Gasteiger charge is -2.45. The molecule has 1 aromatic rings. The van der Waals surface area contributed by atoms with Crippen LogP contribution in [0.1, 0.15) is 41.6 Å². The maximum Gasteiger partial charge on any atom is 0.313 e. The van der Waals surface area contributed by atoms with E-state index in [1.165, 1.54) is 0 Å². The van der Waals surface area contributed by atoms with E-state index in [4.69, 9.17) is 0 Å². The van der Waals surface area contributed by atoms with Gasteiger partial charge in [0.25, 0.3) is 5.91 Å². The van der Waals surface area contributed by atoms with Crippen molar-refractivity contribution >= 4 is 11.9 Å². The summed E-state index contributed by atoms with van der Waals surface area (Å²) in [6.07, 6.45) is 1.73. The second-order valence-electron chi connectivity index (χ2n) is 5.60. The minimum Gasteiger partial charge on any atom is -0.481 e. The molecule has 100 valence electrons. The van der Waals surface area contributed by atoms with Gasteiger partial charge in [-0.05, 0) is 30.4 Å². The summed E-state index contributed by atoms with van der Waals surface area (Å²) < 4.78 is 0. The average molecular weight is 259 g/mol. The van der Waals surface area contributed by atoms with Crippen LogP contribution in [0.3, 0.4) is 0 Å². The Hall–Kier alpha value is -1.84. The van der Waals surface area contributed by atoms with Crippen molar-refractivity contribution in [3.05, 3.63) is 35.4 Å². The van der Waals surface area contributed by atoms with Gasteiger partial charge in [0.1, 0.15) is 5.92 Å². The van der Waals surface area contributed by atoms with Crippen molar-refractivity contribution in [3.63, 3.8) is 0 Å². The molecule has 2 aliphatic heterocycles. The molecule has 0 bridgehead atoms. The van der Waals surface area contributed by atoms with E-state index in [-0.39, 0.29) is 11.9 Å². The predicted molar refractivity (Wildman–Crippen MR) is 70.0 cm³/mol. The fourth-order valence-electron chi connectivity index (χ4n) is 3.37. The molecular weight excluding hydrogens is 242 g/mol. The maximum atomic E-state index is 12.5. The number of nitrogens with zero attached hydrogens (tertiary/aromatic N) is 1. The average Bonchev–Trinajstić information content (AvgIpc) is 2.38. The van der Waals surface area contributed by atoms with Crippen molar-refractivity contribution in [3.8, 4) is 0 Å².